The number of fused-ring (bicyclic) bond motifs is 1. The monoisotopic (exact) mass is 294 g/mol. The van der Waals surface area contributed by atoms with E-state index in [2.05, 4.69) is 32.3 Å². The van der Waals surface area contributed by atoms with Crippen LogP contribution in [0.4, 0.5) is 5.82 Å². The Morgan fingerprint density at radius 3 is 3.05 bits per heavy atom. The minimum atomic E-state index is 0.428. The molecule has 0 aliphatic heterocycles. The molecule has 0 bridgehead atoms. The summed E-state index contributed by atoms with van der Waals surface area (Å²) in [7, 11) is 2.20. The number of halogens is 1. The van der Waals surface area contributed by atoms with Gasteiger partial charge in [0.15, 0.2) is 0 Å². The van der Waals surface area contributed by atoms with E-state index in [1.807, 2.05) is 0 Å². The molecule has 20 heavy (non-hydrogen) atoms. The van der Waals surface area contributed by atoms with Gasteiger partial charge in [-0.05, 0) is 19.9 Å². The van der Waals surface area contributed by atoms with Gasteiger partial charge in [0, 0.05) is 25.2 Å². The summed E-state index contributed by atoms with van der Waals surface area (Å²) in [6.45, 7) is 1.85. The molecule has 108 valence electrons. The Morgan fingerprint density at radius 1 is 1.45 bits per heavy atom. The van der Waals surface area contributed by atoms with E-state index in [1.54, 1.807) is 10.6 Å². The first-order valence-electron chi connectivity index (χ1n) is 7.04. The third kappa shape index (κ3) is 2.86. The van der Waals surface area contributed by atoms with E-state index in [0.717, 1.165) is 24.9 Å². The molecule has 2 aromatic rings. The third-order valence-electron chi connectivity index (χ3n) is 3.94. The summed E-state index contributed by atoms with van der Waals surface area (Å²) in [6.07, 6.45) is 6.86. The summed E-state index contributed by atoms with van der Waals surface area (Å²) in [6, 6.07) is 2.52. The second-order valence-corrected chi connectivity index (χ2v) is 5.67. The second kappa shape index (κ2) is 5.93. The van der Waals surface area contributed by atoms with Crippen molar-refractivity contribution in [1.29, 1.82) is 0 Å². The van der Waals surface area contributed by atoms with Crippen LogP contribution < -0.4 is 5.32 Å². The topological polar surface area (TPSA) is 58.3 Å². The first-order chi connectivity index (χ1) is 9.74. The molecule has 1 N–H and O–H groups in total. The molecular formula is C13H19ClN6. The maximum atomic E-state index is 5.98. The number of nitrogens with one attached hydrogen (secondary N) is 1. The van der Waals surface area contributed by atoms with Crippen molar-refractivity contribution >= 4 is 23.2 Å². The van der Waals surface area contributed by atoms with Gasteiger partial charge in [-0.25, -0.2) is 0 Å². The average Bonchev–Trinajstić information content (AvgIpc) is 3.09. The Morgan fingerprint density at radius 2 is 2.25 bits per heavy atom. The van der Waals surface area contributed by atoms with E-state index < -0.39 is 0 Å². The van der Waals surface area contributed by atoms with Crippen molar-refractivity contribution in [3.05, 3.63) is 17.5 Å². The van der Waals surface area contributed by atoms with Crippen molar-refractivity contribution in [2.45, 2.75) is 31.7 Å². The van der Waals surface area contributed by atoms with Crippen molar-refractivity contribution in [2.75, 3.05) is 25.5 Å². The molecule has 0 atom stereocenters. The van der Waals surface area contributed by atoms with Gasteiger partial charge in [-0.1, -0.05) is 24.4 Å². The van der Waals surface area contributed by atoms with Gasteiger partial charge in [0.2, 0.25) is 0 Å². The number of aromatic nitrogens is 4. The molecule has 0 unspecified atom stereocenters. The minimum Gasteiger partial charge on any atom is -0.369 e. The van der Waals surface area contributed by atoms with Crippen molar-refractivity contribution in [3.63, 3.8) is 0 Å². The van der Waals surface area contributed by atoms with Gasteiger partial charge >= 0.3 is 0 Å². The van der Waals surface area contributed by atoms with Crippen molar-refractivity contribution < 1.29 is 0 Å². The maximum Gasteiger partial charge on any atom is 0.255 e. The van der Waals surface area contributed by atoms with Crippen LogP contribution in [0.5, 0.6) is 0 Å². The van der Waals surface area contributed by atoms with Gasteiger partial charge in [0.25, 0.3) is 5.78 Å². The Hall–Kier alpha value is -1.40. The zero-order chi connectivity index (χ0) is 13.9. The largest absolute Gasteiger partial charge is 0.369 e. The number of likely N-dealkylation sites (N-methyl/N-ethyl adjacent to an activating group) is 1. The van der Waals surface area contributed by atoms with Gasteiger partial charge in [-0.3, -0.25) is 0 Å². The molecule has 2 heterocycles. The van der Waals surface area contributed by atoms with Gasteiger partial charge < -0.3 is 10.2 Å². The molecule has 7 heteroatoms. The fourth-order valence-electron chi connectivity index (χ4n) is 2.80. The Balaban J connectivity index is 1.60. The molecule has 3 rings (SSSR count). The number of nitrogens with zero attached hydrogens (tertiary/aromatic N) is 5. The molecule has 1 saturated carbocycles. The summed E-state index contributed by atoms with van der Waals surface area (Å²) in [5.41, 5.74) is 0. The molecular weight excluding hydrogens is 276 g/mol. The molecule has 1 aliphatic carbocycles. The highest BCUT2D eigenvalue weighted by atomic mass is 35.5. The lowest BCUT2D eigenvalue weighted by Gasteiger charge is -2.24. The van der Waals surface area contributed by atoms with Crippen LogP contribution in [0.15, 0.2) is 12.4 Å². The summed E-state index contributed by atoms with van der Waals surface area (Å²) < 4.78 is 1.67. The fraction of sp³-hybridized carbons (Fsp3) is 0.615. The quantitative estimate of drug-likeness (QED) is 0.856. The first kappa shape index (κ1) is 13.6. The second-order valence-electron chi connectivity index (χ2n) is 5.28. The maximum absolute atomic E-state index is 5.98. The van der Waals surface area contributed by atoms with Crippen LogP contribution in [0, 0.1) is 0 Å². The molecule has 2 aromatic heterocycles. The van der Waals surface area contributed by atoms with E-state index in [9.17, 15) is 0 Å². The standard InChI is InChI=1S/C13H19ClN6/c1-19(10-4-2-3-5-10)7-6-15-12-8-11(14)18-13-16-9-17-20(12)13/h8-10,15H,2-7H2,1H3. The van der Waals surface area contributed by atoms with Crippen LogP contribution in [-0.4, -0.2) is 50.7 Å². The minimum absolute atomic E-state index is 0.428. The molecule has 0 aromatic carbocycles. The molecule has 1 fully saturated rings. The summed E-state index contributed by atoms with van der Waals surface area (Å²) in [5, 5.41) is 7.93. The average molecular weight is 295 g/mol. The van der Waals surface area contributed by atoms with Crippen LogP contribution in [0.25, 0.3) is 5.78 Å². The predicted octanol–water partition coefficient (Wildman–Crippen LogP) is 2.06. The van der Waals surface area contributed by atoms with E-state index in [-0.39, 0.29) is 0 Å². The fourth-order valence-corrected chi connectivity index (χ4v) is 2.98. The summed E-state index contributed by atoms with van der Waals surface area (Å²) >= 11 is 5.98. The van der Waals surface area contributed by atoms with Crippen molar-refractivity contribution in [3.8, 4) is 0 Å². The molecule has 0 radical (unpaired) electrons. The Bertz CT molecular complexity index is 577. The third-order valence-corrected chi connectivity index (χ3v) is 4.13. The Kier molecular flexibility index (Phi) is 4.03. The van der Waals surface area contributed by atoms with Crippen LogP contribution in [0.2, 0.25) is 5.15 Å². The first-order valence-corrected chi connectivity index (χ1v) is 7.42. The van der Waals surface area contributed by atoms with Crippen LogP contribution in [0.3, 0.4) is 0 Å². The van der Waals surface area contributed by atoms with E-state index in [0.29, 0.717) is 10.9 Å². The van der Waals surface area contributed by atoms with Crippen LogP contribution in [-0.2, 0) is 0 Å². The Labute approximate surface area is 123 Å². The number of anilines is 1. The highest BCUT2D eigenvalue weighted by molar-refractivity contribution is 6.29. The van der Waals surface area contributed by atoms with Crippen molar-refractivity contribution in [2.24, 2.45) is 0 Å². The smallest absolute Gasteiger partial charge is 0.255 e. The number of rotatable bonds is 5. The molecule has 0 saturated heterocycles. The molecule has 6 nitrogen and oxygen atoms in total. The van der Waals surface area contributed by atoms with Gasteiger partial charge in [0.05, 0.1) is 0 Å². The lowest BCUT2D eigenvalue weighted by atomic mass is 10.2. The van der Waals surface area contributed by atoms with E-state index in [1.165, 1.54) is 32.0 Å². The van der Waals surface area contributed by atoms with Gasteiger partial charge in [-0.15, -0.1) is 0 Å². The van der Waals surface area contributed by atoms with E-state index in [4.69, 9.17) is 11.6 Å². The van der Waals surface area contributed by atoms with Crippen molar-refractivity contribution in [1.82, 2.24) is 24.5 Å². The van der Waals surface area contributed by atoms with E-state index >= 15 is 0 Å². The number of hydrogen-bond acceptors (Lipinski definition) is 5. The zero-order valence-electron chi connectivity index (χ0n) is 11.6. The lowest BCUT2D eigenvalue weighted by Crippen LogP contribution is -2.33. The zero-order valence-corrected chi connectivity index (χ0v) is 12.3. The normalized spacial score (nSPS) is 16.4. The molecule has 0 spiro atoms. The SMILES string of the molecule is CN(CCNc1cc(Cl)nc2ncnn12)C1CCCC1. The predicted molar refractivity (Wildman–Crippen MR) is 79.2 cm³/mol. The van der Waals surface area contributed by atoms with Gasteiger partial charge in [-0.2, -0.15) is 19.6 Å². The van der Waals surface area contributed by atoms with Gasteiger partial charge in [0.1, 0.15) is 17.3 Å². The highest BCUT2D eigenvalue weighted by Crippen LogP contribution is 2.22. The molecule has 1 aliphatic rings. The lowest BCUT2D eigenvalue weighted by molar-refractivity contribution is 0.254. The highest BCUT2D eigenvalue weighted by Gasteiger charge is 2.18. The summed E-state index contributed by atoms with van der Waals surface area (Å²) in [4.78, 5) is 10.6. The number of hydrogen-bond donors (Lipinski definition) is 1. The summed E-state index contributed by atoms with van der Waals surface area (Å²) in [5.74, 6) is 1.35. The van der Waals surface area contributed by atoms with Crippen LogP contribution >= 0.6 is 11.6 Å². The van der Waals surface area contributed by atoms with Crippen LogP contribution in [0.1, 0.15) is 25.7 Å². The molecule has 0 amide bonds.